The van der Waals surface area contributed by atoms with Gasteiger partial charge in [0, 0.05) is 22.5 Å². The largest absolute Gasteiger partial charge is 0.337 e. The van der Waals surface area contributed by atoms with Crippen LogP contribution in [0.15, 0.2) is 78.9 Å². The molecule has 2 aromatic heterocycles. The van der Waals surface area contributed by atoms with E-state index in [9.17, 15) is 0 Å². The first-order valence-electron chi connectivity index (χ1n) is 10.4. The van der Waals surface area contributed by atoms with Crippen molar-refractivity contribution in [2.75, 3.05) is 0 Å². The molecule has 0 aliphatic heterocycles. The van der Waals surface area contributed by atoms with Crippen molar-refractivity contribution in [1.82, 2.24) is 25.2 Å². The van der Waals surface area contributed by atoms with Crippen LogP contribution in [0.1, 0.15) is 29.5 Å². The van der Waals surface area contributed by atoms with Gasteiger partial charge in [0.2, 0.25) is 5.82 Å². The molecule has 146 valence electrons. The van der Waals surface area contributed by atoms with Gasteiger partial charge in [0.25, 0.3) is 0 Å². The monoisotopic (exact) mass is 391 g/mol. The smallest absolute Gasteiger partial charge is 0.204 e. The van der Waals surface area contributed by atoms with Gasteiger partial charge in [-0.3, -0.25) is 0 Å². The summed E-state index contributed by atoms with van der Waals surface area (Å²) in [5.74, 6) is 0.642. The predicted molar refractivity (Wildman–Crippen MR) is 118 cm³/mol. The first-order valence-corrected chi connectivity index (χ1v) is 10.4. The maximum absolute atomic E-state index is 4.18. The minimum Gasteiger partial charge on any atom is -0.337 e. The normalized spacial score (nSPS) is 17.3. The van der Waals surface area contributed by atoms with Crippen LogP contribution in [0.4, 0.5) is 0 Å². The summed E-state index contributed by atoms with van der Waals surface area (Å²) in [6.07, 6.45) is 9.65. The molecule has 1 N–H and O–H groups in total. The molecular weight excluding hydrogens is 370 g/mol. The minimum absolute atomic E-state index is 0.215. The first-order chi connectivity index (χ1) is 14.9. The van der Waals surface area contributed by atoms with Gasteiger partial charge in [-0.2, -0.15) is 5.21 Å². The van der Waals surface area contributed by atoms with E-state index in [-0.39, 0.29) is 6.04 Å². The van der Waals surface area contributed by atoms with Crippen LogP contribution in [0.5, 0.6) is 0 Å². The van der Waals surface area contributed by atoms with E-state index in [2.05, 4.69) is 104 Å². The highest BCUT2D eigenvalue weighted by Gasteiger charge is 2.27. The van der Waals surface area contributed by atoms with Crippen molar-refractivity contribution in [1.29, 1.82) is 0 Å². The number of benzene rings is 2. The summed E-state index contributed by atoms with van der Waals surface area (Å²) in [5, 5.41) is 14.6. The minimum atomic E-state index is 0.215. The molecule has 0 fully saturated rings. The number of allylic oxidation sites excluding steroid dienone is 4. The molecule has 0 radical (unpaired) electrons. The van der Waals surface area contributed by atoms with Crippen molar-refractivity contribution < 1.29 is 0 Å². The van der Waals surface area contributed by atoms with Gasteiger partial charge in [0.1, 0.15) is 0 Å². The van der Waals surface area contributed by atoms with Crippen LogP contribution in [0.2, 0.25) is 0 Å². The molecule has 0 saturated heterocycles. The van der Waals surface area contributed by atoms with E-state index in [0.717, 1.165) is 24.8 Å². The van der Waals surface area contributed by atoms with E-state index in [1.54, 1.807) is 0 Å². The lowest BCUT2D eigenvalue weighted by atomic mass is 9.89. The van der Waals surface area contributed by atoms with Crippen molar-refractivity contribution in [3.05, 3.63) is 96.0 Å². The second-order valence-corrected chi connectivity index (χ2v) is 7.85. The average molecular weight is 391 g/mol. The zero-order valence-corrected chi connectivity index (χ0v) is 16.5. The maximum atomic E-state index is 4.18. The van der Waals surface area contributed by atoms with E-state index < -0.39 is 0 Å². The molecule has 0 spiro atoms. The van der Waals surface area contributed by atoms with Crippen LogP contribution in [0, 0.1) is 0 Å². The summed E-state index contributed by atoms with van der Waals surface area (Å²) in [6, 6.07) is 22.1. The lowest BCUT2D eigenvalue weighted by Gasteiger charge is -2.26. The van der Waals surface area contributed by atoms with Gasteiger partial charge in [-0.1, -0.05) is 72.8 Å². The third kappa shape index (κ3) is 2.74. The molecule has 6 rings (SSSR count). The summed E-state index contributed by atoms with van der Waals surface area (Å²) < 4.78 is 2.53. The zero-order chi connectivity index (χ0) is 19.9. The Morgan fingerprint density at radius 2 is 1.80 bits per heavy atom. The van der Waals surface area contributed by atoms with Crippen LogP contribution >= 0.6 is 0 Å². The number of tetrazole rings is 1. The fourth-order valence-corrected chi connectivity index (χ4v) is 4.80. The fourth-order valence-electron chi connectivity index (χ4n) is 4.80. The Labute approximate surface area is 174 Å². The van der Waals surface area contributed by atoms with Crippen LogP contribution < -0.4 is 0 Å². The number of aromatic nitrogens is 5. The number of nitrogens with one attached hydrogen (secondary N) is 1. The average Bonchev–Trinajstić information content (AvgIpc) is 3.48. The molecule has 0 bridgehead atoms. The number of nitrogens with zero attached hydrogens (tertiary/aromatic N) is 4. The Bertz CT molecular complexity index is 1260. The molecule has 2 aromatic carbocycles. The number of hydrogen-bond acceptors (Lipinski definition) is 3. The molecule has 2 aliphatic rings. The molecule has 30 heavy (non-hydrogen) atoms. The second kappa shape index (κ2) is 6.95. The van der Waals surface area contributed by atoms with E-state index >= 15 is 0 Å². The molecule has 0 amide bonds. The third-order valence-electron chi connectivity index (χ3n) is 6.13. The van der Waals surface area contributed by atoms with Gasteiger partial charge in [0.15, 0.2) is 0 Å². The third-order valence-corrected chi connectivity index (χ3v) is 6.13. The molecule has 5 heteroatoms. The van der Waals surface area contributed by atoms with Gasteiger partial charge >= 0.3 is 0 Å². The number of aromatic amines is 1. The Balaban J connectivity index is 1.55. The van der Waals surface area contributed by atoms with E-state index in [4.69, 9.17) is 0 Å². The van der Waals surface area contributed by atoms with Gasteiger partial charge in [-0.05, 0) is 47.2 Å². The van der Waals surface area contributed by atoms with E-state index in [1.807, 2.05) is 0 Å². The van der Waals surface area contributed by atoms with E-state index in [1.165, 1.54) is 33.6 Å². The van der Waals surface area contributed by atoms with Crippen LogP contribution in [-0.4, -0.2) is 25.2 Å². The van der Waals surface area contributed by atoms with Crippen LogP contribution in [0.25, 0.3) is 28.0 Å². The van der Waals surface area contributed by atoms with Gasteiger partial charge in [-0.15, -0.1) is 10.2 Å². The molecule has 4 aromatic rings. The van der Waals surface area contributed by atoms with Gasteiger partial charge in [0.05, 0.1) is 6.04 Å². The number of fused-ring (bicyclic) bond motifs is 3. The topological polar surface area (TPSA) is 59.4 Å². The van der Waals surface area contributed by atoms with Crippen molar-refractivity contribution in [3.8, 4) is 22.4 Å². The summed E-state index contributed by atoms with van der Waals surface area (Å²) >= 11 is 0. The summed E-state index contributed by atoms with van der Waals surface area (Å²) in [5.41, 5.74) is 9.10. The summed E-state index contributed by atoms with van der Waals surface area (Å²) in [6.45, 7) is 0. The number of aryl methyl sites for hydroxylation is 1. The summed E-state index contributed by atoms with van der Waals surface area (Å²) in [4.78, 5) is 0. The lowest BCUT2D eigenvalue weighted by Crippen LogP contribution is -2.16. The number of hydrogen-bond donors (Lipinski definition) is 1. The van der Waals surface area contributed by atoms with Crippen molar-refractivity contribution in [2.24, 2.45) is 0 Å². The lowest BCUT2D eigenvalue weighted by molar-refractivity contribution is 0.588. The fraction of sp³-hybridized carbons (Fsp3) is 0.160. The van der Waals surface area contributed by atoms with Crippen LogP contribution in [0.3, 0.4) is 0 Å². The molecule has 2 heterocycles. The Morgan fingerprint density at radius 3 is 2.67 bits per heavy atom. The zero-order valence-electron chi connectivity index (χ0n) is 16.5. The Hall–Kier alpha value is -3.73. The number of H-pyrrole nitrogens is 1. The quantitative estimate of drug-likeness (QED) is 0.533. The maximum Gasteiger partial charge on any atom is 0.204 e. The summed E-state index contributed by atoms with van der Waals surface area (Å²) in [7, 11) is 0. The van der Waals surface area contributed by atoms with Gasteiger partial charge in [-0.25, -0.2) is 0 Å². The Kier molecular flexibility index (Phi) is 3.98. The highest BCUT2D eigenvalue weighted by molar-refractivity contribution is 5.79. The van der Waals surface area contributed by atoms with Crippen molar-refractivity contribution in [3.63, 3.8) is 0 Å². The highest BCUT2D eigenvalue weighted by atomic mass is 15.5. The number of rotatable bonds is 3. The van der Waals surface area contributed by atoms with Crippen LogP contribution in [-0.2, 0) is 12.8 Å². The SMILES string of the molecule is C1=CC(c2nn[nH]n2)=CC(n2c(-c3ccccc3)cc3c2CCc2ccccc2-3)C1. The van der Waals surface area contributed by atoms with Crippen molar-refractivity contribution >= 4 is 5.57 Å². The second-order valence-electron chi connectivity index (χ2n) is 7.85. The molecule has 2 aliphatic carbocycles. The molecule has 1 atom stereocenters. The predicted octanol–water partition coefficient (Wildman–Crippen LogP) is 5.02. The van der Waals surface area contributed by atoms with E-state index in [0.29, 0.717) is 5.82 Å². The molecule has 1 unspecified atom stereocenters. The Morgan fingerprint density at radius 1 is 0.933 bits per heavy atom. The molecule has 0 saturated carbocycles. The van der Waals surface area contributed by atoms with Crippen molar-refractivity contribution in [2.45, 2.75) is 25.3 Å². The first kappa shape index (κ1) is 17.2. The van der Waals surface area contributed by atoms with Gasteiger partial charge < -0.3 is 4.57 Å². The highest BCUT2D eigenvalue weighted by Crippen LogP contribution is 2.42. The standard InChI is InChI=1S/C25H21N5/c1-2-8-18(9-3-1)24-16-22-21-12-5-4-7-17(21)13-14-23(22)30(24)20-11-6-10-19(15-20)25-26-28-29-27-25/h1-10,12,15-16,20H,11,13-14H2,(H,26,27,28,29). The molecular formula is C25H21N5. The molecule has 5 nitrogen and oxygen atoms in total.